The third-order valence-electron chi connectivity index (χ3n) is 2.91. The Morgan fingerprint density at radius 3 is 2.85 bits per heavy atom. The van der Waals surface area contributed by atoms with Crippen molar-refractivity contribution in [1.82, 2.24) is 10.2 Å². The van der Waals surface area contributed by atoms with E-state index in [2.05, 4.69) is 10.1 Å². The number of hydrogen-bond acceptors (Lipinski definition) is 6. The molecule has 0 spiro atoms. The number of carboxylic acid groups (broad SMARTS) is 1. The second-order valence-corrected chi connectivity index (χ2v) is 5.27. The van der Waals surface area contributed by atoms with Crippen LogP contribution < -0.4 is 5.32 Å². The van der Waals surface area contributed by atoms with Gasteiger partial charge in [0.25, 0.3) is 5.91 Å². The van der Waals surface area contributed by atoms with Crippen LogP contribution in [-0.2, 0) is 23.9 Å². The molecule has 2 amide bonds. The topological polar surface area (TPSA) is 113 Å². The first-order valence-electron chi connectivity index (χ1n) is 5.70. The van der Waals surface area contributed by atoms with E-state index in [9.17, 15) is 19.2 Å². The maximum Gasteiger partial charge on any atom is 0.352 e. The number of aliphatic carboxylic acids is 1. The van der Waals surface area contributed by atoms with Crippen LogP contribution in [0.2, 0.25) is 0 Å². The molecule has 108 valence electrons. The number of nitrogens with one attached hydrogen (secondary N) is 1. The van der Waals surface area contributed by atoms with Crippen LogP contribution in [0.1, 0.15) is 6.42 Å². The third kappa shape index (κ3) is 2.48. The number of rotatable bonds is 4. The number of β-lactam (4-membered cyclic amide) rings is 1. The molecule has 0 bridgehead atoms. The Hall–Kier alpha value is -2.03. The molecule has 2 rings (SSSR count). The number of esters is 1. The minimum Gasteiger partial charge on any atom is -0.477 e. The molecule has 2 heterocycles. The standard InChI is InChI=1S/C11H12N2O6S/c1-19-7(15)4-6(14)12-8-9(16)13-5(11(17)18)2-3-20-10(8)13/h2,8,10H,3-4H2,1H3,(H,12,14)(H,17,18)/t8-,10+/m1/s1. The van der Waals surface area contributed by atoms with Crippen LogP contribution in [0.15, 0.2) is 11.8 Å². The highest BCUT2D eigenvalue weighted by Crippen LogP contribution is 2.37. The zero-order valence-corrected chi connectivity index (χ0v) is 11.3. The quantitative estimate of drug-likeness (QED) is 0.385. The molecule has 0 aromatic carbocycles. The fraction of sp³-hybridized carbons (Fsp3) is 0.455. The summed E-state index contributed by atoms with van der Waals surface area (Å²) < 4.78 is 4.35. The molecule has 20 heavy (non-hydrogen) atoms. The average Bonchev–Trinajstić information content (AvgIpc) is 2.43. The van der Waals surface area contributed by atoms with Gasteiger partial charge in [0, 0.05) is 5.75 Å². The van der Waals surface area contributed by atoms with E-state index < -0.39 is 41.6 Å². The van der Waals surface area contributed by atoms with E-state index in [0.29, 0.717) is 5.75 Å². The Kier molecular flexibility index (Phi) is 3.98. The van der Waals surface area contributed by atoms with Gasteiger partial charge in [0.2, 0.25) is 5.91 Å². The van der Waals surface area contributed by atoms with Crippen molar-refractivity contribution in [2.24, 2.45) is 0 Å². The number of ether oxygens (including phenoxy) is 1. The Labute approximate surface area is 118 Å². The first-order chi connectivity index (χ1) is 9.45. The summed E-state index contributed by atoms with van der Waals surface area (Å²) >= 11 is 1.35. The predicted octanol–water partition coefficient (Wildman–Crippen LogP) is -1.08. The number of amides is 2. The van der Waals surface area contributed by atoms with Crippen LogP contribution in [0.25, 0.3) is 0 Å². The van der Waals surface area contributed by atoms with E-state index in [-0.39, 0.29) is 5.70 Å². The highest BCUT2D eigenvalue weighted by Gasteiger charge is 2.52. The van der Waals surface area contributed by atoms with Crippen molar-refractivity contribution in [3.05, 3.63) is 11.8 Å². The molecule has 0 aromatic rings. The predicted molar refractivity (Wildman–Crippen MR) is 67.4 cm³/mol. The number of thioether (sulfide) groups is 1. The van der Waals surface area contributed by atoms with Gasteiger partial charge in [-0.1, -0.05) is 0 Å². The van der Waals surface area contributed by atoms with Crippen LogP contribution in [0, 0.1) is 0 Å². The zero-order chi connectivity index (χ0) is 14.9. The van der Waals surface area contributed by atoms with E-state index in [4.69, 9.17) is 5.11 Å². The lowest BCUT2D eigenvalue weighted by atomic mass is 10.0. The molecule has 2 aliphatic rings. The summed E-state index contributed by atoms with van der Waals surface area (Å²) in [7, 11) is 1.16. The summed E-state index contributed by atoms with van der Waals surface area (Å²) in [6, 6.07) is -0.805. The maximum absolute atomic E-state index is 11.9. The van der Waals surface area contributed by atoms with Crippen LogP contribution in [0.4, 0.5) is 0 Å². The molecule has 8 nitrogen and oxygen atoms in total. The molecule has 1 fully saturated rings. The second kappa shape index (κ2) is 5.53. The smallest absolute Gasteiger partial charge is 0.352 e. The Balaban J connectivity index is 1.99. The molecule has 2 atom stereocenters. The molecule has 2 N–H and O–H groups in total. The SMILES string of the molecule is COC(=O)CC(=O)N[C@@H]1C(=O)N2C(C(=O)O)=CCS[C@@H]12. The molecule has 0 unspecified atom stereocenters. The van der Waals surface area contributed by atoms with Gasteiger partial charge < -0.3 is 15.2 Å². The van der Waals surface area contributed by atoms with Crippen molar-refractivity contribution in [3.8, 4) is 0 Å². The fourth-order valence-electron chi connectivity index (χ4n) is 1.97. The second-order valence-electron chi connectivity index (χ2n) is 4.12. The molecule has 1 saturated heterocycles. The van der Waals surface area contributed by atoms with Gasteiger partial charge >= 0.3 is 11.9 Å². The van der Waals surface area contributed by atoms with Gasteiger partial charge in [-0.05, 0) is 6.08 Å². The Morgan fingerprint density at radius 2 is 2.25 bits per heavy atom. The van der Waals surface area contributed by atoms with Gasteiger partial charge in [0.15, 0.2) is 0 Å². The van der Waals surface area contributed by atoms with E-state index >= 15 is 0 Å². The van der Waals surface area contributed by atoms with Gasteiger partial charge in [-0.3, -0.25) is 19.3 Å². The Bertz CT molecular complexity index is 517. The van der Waals surface area contributed by atoms with Crippen molar-refractivity contribution < 1.29 is 29.0 Å². The molecule has 0 saturated carbocycles. The minimum atomic E-state index is -1.18. The first kappa shape index (κ1) is 14.4. The van der Waals surface area contributed by atoms with Crippen molar-refractivity contribution in [1.29, 1.82) is 0 Å². The highest BCUT2D eigenvalue weighted by molar-refractivity contribution is 8.00. The van der Waals surface area contributed by atoms with Crippen LogP contribution in [-0.4, -0.2) is 58.0 Å². The van der Waals surface area contributed by atoms with E-state index in [1.807, 2.05) is 0 Å². The average molecular weight is 300 g/mol. The van der Waals surface area contributed by atoms with Crippen molar-refractivity contribution in [2.45, 2.75) is 17.8 Å². The summed E-state index contributed by atoms with van der Waals surface area (Å²) in [4.78, 5) is 46.5. The summed E-state index contributed by atoms with van der Waals surface area (Å²) in [6.07, 6.45) is 0.979. The zero-order valence-electron chi connectivity index (χ0n) is 10.5. The number of hydrogen-bond donors (Lipinski definition) is 2. The van der Waals surface area contributed by atoms with Gasteiger partial charge in [0.1, 0.15) is 23.5 Å². The summed E-state index contributed by atoms with van der Waals surface area (Å²) in [5.41, 5.74) is -0.0720. The number of carboxylic acids is 1. The Morgan fingerprint density at radius 1 is 1.55 bits per heavy atom. The van der Waals surface area contributed by atoms with Crippen molar-refractivity contribution in [3.63, 3.8) is 0 Å². The molecular formula is C11H12N2O6S. The number of methoxy groups -OCH3 is 1. The first-order valence-corrected chi connectivity index (χ1v) is 6.75. The molecule has 2 aliphatic heterocycles. The van der Waals surface area contributed by atoms with E-state index in [1.54, 1.807) is 0 Å². The van der Waals surface area contributed by atoms with Crippen molar-refractivity contribution >= 4 is 35.5 Å². The summed E-state index contributed by atoms with van der Waals surface area (Å²) in [5.74, 6) is -2.55. The van der Waals surface area contributed by atoms with E-state index in [1.165, 1.54) is 17.8 Å². The molecule has 0 aromatic heterocycles. The lowest BCUT2D eigenvalue weighted by Crippen LogP contribution is -2.70. The van der Waals surface area contributed by atoms with Crippen LogP contribution >= 0.6 is 11.8 Å². The fourth-order valence-corrected chi connectivity index (χ4v) is 3.16. The van der Waals surface area contributed by atoms with Gasteiger partial charge in [-0.25, -0.2) is 4.79 Å². The largest absolute Gasteiger partial charge is 0.477 e. The monoisotopic (exact) mass is 300 g/mol. The molecule has 0 aliphatic carbocycles. The number of carbonyl (C=O) groups is 4. The van der Waals surface area contributed by atoms with Gasteiger partial charge in [0.05, 0.1) is 7.11 Å². The molecule has 0 radical (unpaired) electrons. The molecular weight excluding hydrogens is 288 g/mol. The summed E-state index contributed by atoms with van der Waals surface area (Å²) in [5, 5.41) is 11.0. The lowest BCUT2D eigenvalue weighted by molar-refractivity contribution is -0.151. The third-order valence-corrected chi connectivity index (χ3v) is 4.10. The van der Waals surface area contributed by atoms with Gasteiger partial charge in [-0.15, -0.1) is 11.8 Å². The number of fused-ring (bicyclic) bond motifs is 1. The van der Waals surface area contributed by atoms with Crippen LogP contribution in [0.3, 0.4) is 0 Å². The minimum absolute atomic E-state index is 0.0720. The normalized spacial score (nSPS) is 24.1. The number of carbonyl (C=O) groups excluding carboxylic acids is 3. The molecule has 9 heteroatoms. The van der Waals surface area contributed by atoms with Crippen LogP contribution in [0.5, 0.6) is 0 Å². The van der Waals surface area contributed by atoms with Gasteiger partial charge in [-0.2, -0.15) is 0 Å². The summed E-state index contributed by atoms with van der Waals surface area (Å²) in [6.45, 7) is 0. The lowest BCUT2D eigenvalue weighted by Gasteiger charge is -2.48. The number of nitrogens with zero attached hydrogens (tertiary/aromatic N) is 1. The van der Waals surface area contributed by atoms with Crippen molar-refractivity contribution in [2.75, 3.05) is 12.9 Å². The van der Waals surface area contributed by atoms with E-state index in [0.717, 1.165) is 12.0 Å². The maximum atomic E-state index is 11.9. The highest BCUT2D eigenvalue weighted by atomic mass is 32.2.